The van der Waals surface area contributed by atoms with Gasteiger partial charge in [0.1, 0.15) is 6.04 Å². The molecule has 0 fully saturated rings. The van der Waals surface area contributed by atoms with Crippen LogP contribution in [0.4, 0.5) is 5.69 Å². The summed E-state index contributed by atoms with van der Waals surface area (Å²) in [7, 11) is 1.74. The molecule has 1 aliphatic heterocycles. The lowest BCUT2D eigenvalue weighted by Crippen LogP contribution is -2.52. The molecule has 0 aromatic heterocycles. The molecule has 2 N–H and O–H groups in total. The first-order valence-electron chi connectivity index (χ1n) is 9.51. The molecule has 0 saturated carbocycles. The zero-order chi connectivity index (χ0) is 19.2. The van der Waals surface area contributed by atoms with Crippen molar-refractivity contribution in [3.8, 4) is 0 Å². The summed E-state index contributed by atoms with van der Waals surface area (Å²) in [6, 6.07) is 17.3. The molecule has 1 heterocycles. The Bertz CT molecular complexity index is 791. The molecule has 0 bridgehead atoms. The number of benzene rings is 2. The van der Waals surface area contributed by atoms with E-state index in [1.165, 1.54) is 5.56 Å². The van der Waals surface area contributed by atoms with Crippen molar-refractivity contribution < 1.29 is 9.59 Å². The molecule has 0 aliphatic carbocycles. The van der Waals surface area contributed by atoms with Crippen LogP contribution in [0.2, 0.25) is 0 Å². The second-order valence-electron chi connectivity index (χ2n) is 6.96. The van der Waals surface area contributed by atoms with Crippen LogP contribution < -0.4 is 15.5 Å². The summed E-state index contributed by atoms with van der Waals surface area (Å²) in [6.45, 7) is 2.38. The fourth-order valence-electron chi connectivity index (χ4n) is 3.39. The average Bonchev–Trinajstić information content (AvgIpc) is 2.83. The minimum Gasteiger partial charge on any atom is -0.343 e. The molecule has 2 aromatic rings. The Morgan fingerprint density at radius 3 is 2.59 bits per heavy atom. The molecule has 2 amide bonds. The third kappa shape index (κ3) is 4.55. The number of likely N-dealkylation sites (N-methyl/N-ethyl adjacent to an activating group) is 1. The van der Waals surface area contributed by atoms with Gasteiger partial charge in [0, 0.05) is 12.2 Å². The Balaban J connectivity index is 1.82. The van der Waals surface area contributed by atoms with Crippen molar-refractivity contribution in [3.05, 3.63) is 65.7 Å². The SMILES string of the molecule is CNC(C)C(=O)N[C@H]1CCc2ccccc2N(CCc2ccccc2)C1=O. The summed E-state index contributed by atoms with van der Waals surface area (Å²) in [5, 5.41) is 5.85. The lowest BCUT2D eigenvalue weighted by atomic mass is 10.1. The number of hydrogen-bond donors (Lipinski definition) is 2. The highest BCUT2D eigenvalue weighted by Gasteiger charge is 2.31. The van der Waals surface area contributed by atoms with Crippen LogP contribution in [-0.4, -0.2) is 37.5 Å². The lowest BCUT2D eigenvalue weighted by Gasteiger charge is -2.27. The second-order valence-corrected chi connectivity index (χ2v) is 6.96. The fraction of sp³-hybridized carbons (Fsp3) is 0.364. The van der Waals surface area contributed by atoms with Gasteiger partial charge in [0.05, 0.1) is 6.04 Å². The van der Waals surface area contributed by atoms with E-state index in [4.69, 9.17) is 0 Å². The summed E-state index contributed by atoms with van der Waals surface area (Å²) in [4.78, 5) is 27.4. The molecule has 0 radical (unpaired) electrons. The maximum absolute atomic E-state index is 13.3. The number of fused-ring (bicyclic) bond motifs is 1. The maximum atomic E-state index is 13.3. The van der Waals surface area contributed by atoms with E-state index in [1.54, 1.807) is 14.0 Å². The topological polar surface area (TPSA) is 61.4 Å². The number of nitrogens with one attached hydrogen (secondary N) is 2. The minimum absolute atomic E-state index is 0.0347. The highest BCUT2D eigenvalue weighted by atomic mass is 16.2. The molecule has 1 aliphatic rings. The lowest BCUT2D eigenvalue weighted by molar-refractivity contribution is -0.128. The van der Waals surface area contributed by atoms with Crippen molar-refractivity contribution >= 4 is 17.5 Å². The summed E-state index contributed by atoms with van der Waals surface area (Å²) in [5.41, 5.74) is 3.30. The summed E-state index contributed by atoms with van der Waals surface area (Å²) in [5.74, 6) is -0.183. The van der Waals surface area contributed by atoms with E-state index in [9.17, 15) is 9.59 Å². The van der Waals surface area contributed by atoms with E-state index < -0.39 is 6.04 Å². The third-order valence-electron chi connectivity index (χ3n) is 5.16. The van der Waals surface area contributed by atoms with Crippen LogP contribution in [0.3, 0.4) is 0 Å². The number of hydrogen-bond acceptors (Lipinski definition) is 3. The quantitative estimate of drug-likeness (QED) is 0.826. The fourth-order valence-corrected chi connectivity index (χ4v) is 3.39. The first-order chi connectivity index (χ1) is 13.1. The highest BCUT2D eigenvalue weighted by Crippen LogP contribution is 2.27. The molecule has 2 aromatic carbocycles. The molecule has 27 heavy (non-hydrogen) atoms. The molecule has 2 atom stereocenters. The number of aryl methyl sites for hydroxylation is 1. The number of para-hydroxylation sites is 1. The molecule has 0 spiro atoms. The van der Waals surface area contributed by atoms with Crippen LogP contribution in [0.1, 0.15) is 24.5 Å². The van der Waals surface area contributed by atoms with Gasteiger partial charge < -0.3 is 15.5 Å². The van der Waals surface area contributed by atoms with Gasteiger partial charge in [-0.15, -0.1) is 0 Å². The largest absolute Gasteiger partial charge is 0.343 e. The van der Waals surface area contributed by atoms with Crippen LogP contribution in [0.15, 0.2) is 54.6 Å². The third-order valence-corrected chi connectivity index (χ3v) is 5.16. The summed E-state index contributed by atoms with van der Waals surface area (Å²) < 4.78 is 0. The van der Waals surface area contributed by atoms with Gasteiger partial charge in [-0.2, -0.15) is 0 Å². The molecule has 5 nitrogen and oxygen atoms in total. The Labute approximate surface area is 160 Å². The molecule has 1 unspecified atom stereocenters. The number of anilines is 1. The van der Waals surface area contributed by atoms with E-state index in [0.717, 1.165) is 24.1 Å². The van der Waals surface area contributed by atoms with Crippen molar-refractivity contribution in [2.45, 2.75) is 38.3 Å². The van der Waals surface area contributed by atoms with Gasteiger partial charge in [-0.25, -0.2) is 0 Å². The monoisotopic (exact) mass is 365 g/mol. The zero-order valence-electron chi connectivity index (χ0n) is 15.9. The van der Waals surface area contributed by atoms with E-state index in [0.29, 0.717) is 13.0 Å². The molecule has 0 saturated heterocycles. The van der Waals surface area contributed by atoms with Gasteiger partial charge in [0.25, 0.3) is 0 Å². The number of rotatable bonds is 6. The normalized spacial score (nSPS) is 17.8. The predicted molar refractivity (Wildman–Crippen MR) is 108 cm³/mol. The molecular formula is C22H27N3O2. The molecule has 5 heteroatoms. The standard InChI is InChI=1S/C22H27N3O2/c1-16(23-2)21(26)24-19-13-12-18-10-6-7-11-20(18)25(22(19)27)15-14-17-8-4-3-5-9-17/h3-11,16,19,23H,12-15H2,1-2H3,(H,24,26)/t16?,19-/m0/s1. The Morgan fingerprint density at radius 1 is 1.15 bits per heavy atom. The number of carbonyl (C=O) groups excluding carboxylic acids is 2. The molecule has 3 rings (SSSR count). The first kappa shape index (κ1) is 19.1. The van der Waals surface area contributed by atoms with Crippen molar-refractivity contribution in [1.29, 1.82) is 0 Å². The van der Waals surface area contributed by atoms with Crippen molar-refractivity contribution in [3.63, 3.8) is 0 Å². The highest BCUT2D eigenvalue weighted by molar-refractivity contribution is 6.00. The Morgan fingerprint density at radius 2 is 1.85 bits per heavy atom. The zero-order valence-corrected chi connectivity index (χ0v) is 15.9. The Kier molecular flexibility index (Phi) is 6.24. The smallest absolute Gasteiger partial charge is 0.249 e. The predicted octanol–water partition coefficient (Wildman–Crippen LogP) is 2.30. The van der Waals surface area contributed by atoms with Crippen LogP contribution >= 0.6 is 0 Å². The van der Waals surface area contributed by atoms with Gasteiger partial charge in [-0.05, 0) is 50.4 Å². The van der Waals surface area contributed by atoms with Gasteiger partial charge >= 0.3 is 0 Å². The van der Waals surface area contributed by atoms with Gasteiger partial charge in [0.15, 0.2) is 0 Å². The van der Waals surface area contributed by atoms with E-state index >= 15 is 0 Å². The molecule has 142 valence electrons. The van der Waals surface area contributed by atoms with Crippen LogP contribution in [0.5, 0.6) is 0 Å². The van der Waals surface area contributed by atoms with Crippen LogP contribution in [0.25, 0.3) is 0 Å². The number of amides is 2. The minimum atomic E-state index is -0.503. The number of nitrogens with zero attached hydrogens (tertiary/aromatic N) is 1. The van der Waals surface area contributed by atoms with Crippen LogP contribution in [0, 0.1) is 0 Å². The second kappa shape index (κ2) is 8.82. The maximum Gasteiger partial charge on any atom is 0.249 e. The first-order valence-corrected chi connectivity index (χ1v) is 9.51. The average molecular weight is 365 g/mol. The Hall–Kier alpha value is -2.66. The van der Waals surface area contributed by atoms with Crippen molar-refractivity contribution in [2.24, 2.45) is 0 Å². The van der Waals surface area contributed by atoms with E-state index in [2.05, 4.69) is 28.8 Å². The van der Waals surface area contributed by atoms with Crippen LogP contribution in [-0.2, 0) is 22.4 Å². The van der Waals surface area contributed by atoms with Crippen molar-refractivity contribution in [2.75, 3.05) is 18.5 Å². The van der Waals surface area contributed by atoms with E-state index in [1.807, 2.05) is 41.3 Å². The summed E-state index contributed by atoms with van der Waals surface area (Å²) in [6.07, 6.45) is 2.15. The van der Waals surface area contributed by atoms with Gasteiger partial charge in [0.2, 0.25) is 11.8 Å². The van der Waals surface area contributed by atoms with Gasteiger partial charge in [-0.3, -0.25) is 9.59 Å². The molecular weight excluding hydrogens is 338 g/mol. The number of carbonyl (C=O) groups is 2. The van der Waals surface area contributed by atoms with E-state index in [-0.39, 0.29) is 17.9 Å². The van der Waals surface area contributed by atoms with Crippen molar-refractivity contribution in [1.82, 2.24) is 10.6 Å². The summed E-state index contributed by atoms with van der Waals surface area (Å²) >= 11 is 0. The van der Waals surface area contributed by atoms with Gasteiger partial charge in [-0.1, -0.05) is 48.5 Å².